The first-order chi connectivity index (χ1) is 11.9. The molecule has 1 aromatic heterocycles. The first-order valence-electron chi connectivity index (χ1n) is 8.06. The molecule has 1 amide bonds. The van der Waals surface area contributed by atoms with Crippen LogP contribution in [0.3, 0.4) is 0 Å². The van der Waals surface area contributed by atoms with Crippen LogP contribution in [0, 0.1) is 19.7 Å². The maximum Gasteiger partial charge on any atom is 0.252 e. The van der Waals surface area contributed by atoms with Gasteiger partial charge in [0.25, 0.3) is 5.91 Å². The maximum absolute atomic E-state index is 13.3. The van der Waals surface area contributed by atoms with Gasteiger partial charge in [-0.25, -0.2) is 9.37 Å². The van der Waals surface area contributed by atoms with Crippen LogP contribution >= 0.6 is 0 Å². The molecule has 0 bridgehead atoms. The van der Waals surface area contributed by atoms with Crippen LogP contribution < -0.4 is 5.32 Å². The van der Waals surface area contributed by atoms with E-state index in [0.29, 0.717) is 11.4 Å². The lowest BCUT2D eigenvalue weighted by atomic mass is 10.0. The van der Waals surface area contributed by atoms with E-state index in [1.165, 1.54) is 12.1 Å². The summed E-state index contributed by atoms with van der Waals surface area (Å²) in [5.41, 5.74) is 3.42. The highest BCUT2D eigenvalue weighted by Gasteiger charge is 2.21. The van der Waals surface area contributed by atoms with Crippen LogP contribution in [0.4, 0.5) is 4.39 Å². The molecule has 1 heterocycles. The topological polar surface area (TPSA) is 46.9 Å². The molecule has 0 fully saturated rings. The molecular formula is C20H20FN3O. The zero-order valence-electron chi connectivity index (χ0n) is 14.5. The molecule has 0 aliphatic heterocycles. The molecule has 3 aromatic rings. The summed E-state index contributed by atoms with van der Waals surface area (Å²) in [7, 11) is 1.86. The van der Waals surface area contributed by atoms with Gasteiger partial charge in [0.05, 0.1) is 0 Å². The molecule has 0 aliphatic rings. The van der Waals surface area contributed by atoms with Gasteiger partial charge in [0.15, 0.2) is 0 Å². The highest BCUT2D eigenvalue weighted by atomic mass is 19.1. The van der Waals surface area contributed by atoms with Crippen molar-refractivity contribution in [3.8, 4) is 0 Å². The number of imidazole rings is 1. The Hall–Kier alpha value is -2.95. The number of hydrogen-bond donors (Lipinski definition) is 1. The average molecular weight is 337 g/mol. The largest absolute Gasteiger partial charge is 0.338 e. The third kappa shape index (κ3) is 3.76. The van der Waals surface area contributed by atoms with E-state index in [1.54, 1.807) is 18.3 Å². The molecule has 4 nitrogen and oxygen atoms in total. The summed E-state index contributed by atoms with van der Waals surface area (Å²) in [6.07, 6.45) is 3.49. The maximum atomic E-state index is 13.3. The van der Waals surface area contributed by atoms with E-state index in [2.05, 4.69) is 10.3 Å². The summed E-state index contributed by atoms with van der Waals surface area (Å²) in [6, 6.07) is 11.3. The third-order valence-electron chi connectivity index (χ3n) is 4.08. The van der Waals surface area contributed by atoms with E-state index in [0.717, 1.165) is 16.7 Å². The number of nitrogens with one attached hydrogen (secondary N) is 1. The van der Waals surface area contributed by atoms with Crippen LogP contribution in [0.1, 0.15) is 38.9 Å². The van der Waals surface area contributed by atoms with Crippen molar-refractivity contribution >= 4 is 5.91 Å². The summed E-state index contributed by atoms with van der Waals surface area (Å²) in [6.45, 7) is 3.92. The summed E-state index contributed by atoms with van der Waals surface area (Å²) < 4.78 is 15.1. The predicted molar refractivity (Wildman–Crippen MR) is 94.8 cm³/mol. The minimum Gasteiger partial charge on any atom is -0.338 e. The number of amides is 1. The summed E-state index contributed by atoms with van der Waals surface area (Å²) in [5.74, 6) is 0.177. The summed E-state index contributed by atoms with van der Waals surface area (Å²) in [4.78, 5) is 17.1. The van der Waals surface area contributed by atoms with Crippen LogP contribution in [-0.2, 0) is 7.05 Å². The fourth-order valence-corrected chi connectivity index (χ4v) is 2.93. The normalized spacial score (nSPS) is 12.0. The Morgan fingerprint density at radius 1 is 1.12 bits per heavy atom. The second-order valence-electron chi connectivity index (χ2n) is 6.23. The number of carbonyl (C=O) groups excluding carboxylic acids is 1. The molecule has 0 saturated carbocycles. The first kappa shape index (κ1) is 16.9. The van der Waals surface area contributed by atoms with Gasteiger partial charge in [-0.2, -0.15) is 0 Å². The number of aromatic nitrogens is 2. The van der Waals surface area contributed by atoms with E-state index in [1.807, 2.05) is 49.9 Å². The molecule has 128 valence electrons. The molecule has 0 aliphatic carbocycles. The van der Waals surface area contributed by atoms with Crippen molar-refractivity contribution in [1.29, 1.82) is 0 Å². The lowest BCUT2D eigenvalue weighted by Gasteiger charge is -2.19. The molecular weight excluding hydrogens is 317 g/mol. The van der Waals surface area contributed by atoms with Gasteiger partial charge in [-0.1, -0.05) is 29.3 Å². The van der Waals surface area contributed by atoms with Crippen LogP contribution in [-0.4, -0.2) is 15.5 Å². The number of halogens is 1. The van der Waals surface area contributed by atoms with Crippen LogP contribution in [0.25, 0.3) is 0 Å². The smallest absolute Gasteiger partial charge is 0.252 e. The Labute approximate surface area is 146 Å². The van der Waals surface area contributed by atoms with E-state index >= 15 is 0 Å². The highest BCUT2D eigenvalue weighted by molar-refractivity contribution is 5.95. The zero-order chi connectivity index (χ0) is 18.0. The van der Waals surface area contributed by atoms with Gasteiger partial charge >= 0.3 is 0 Å². The van der Waals surface area contributed by atoms with Crippen molar-refractivity contribution in [3.63, 3.8) is 0 Å². The number of aryl methyl sites for hydroxylation is 3. The Balaban J connectivity index is 1.96. The standard InChI is InChI=1S/C20H20FN3O/c1-13-10-14(2)12-16(11-13)20(25)23-18(19-22-8-9-24(19)3)15-4-6-17(21)7-5-15/h4-12,18H,1-3H3,(H,23,25). The molecule has 0 radical (unpaired) electrons. The minimum atomic E-state index is -0.464. The van der Waals surface area contributed by atoms with Crippen molar-refractivity contribution in [2.24, 2.45) is 7.05 Å². The van der Waals surface area contributed by atoms with Crippen LogP contribution in [0.15, 0.2) is 54.9 Å². The van der Waals surface area contributed by atoms with Crippen LogP contribution in [0.2, 0.25) is 0 Å². The number of carbonyl (C=O) groups is 1. The second kappa shape index (κ2) is 6.89. The Kier molecular flexibility index (Phi) is 4.65. The van der Waals surface area contributed by atoms with E-state index in [-0.39, 0.29) is 11.7 Å². The van der Waals surface area contributed by atoms with Gasteiger partial charge in [0.2, 0.25) is 0 Å². The molecule has 1 atom stereocenters. The monoisotopic (exact) mass is 337 g/mol. The lowest BCUT2D eigenvalue weighted by Crippen LogP contribution is -2.31. The van der Waals surface area contributed by atoms with Gasteiger partial charge < -0.3 is 9.88 Å². The van der Waals surface area contributed by atoms with Crippen molar-refractivity contribution in [3.05, 3.63) is 88.8 Å². The van der Waals surface area contributed by atoms with E-state index in [4.69, 9.17) is 0 Å². The molecule has 25 heavy (non-hydrogen) atoms. The lowest BCUT2D eigenvalue weighted by molar-refractivity contribution is 0.0941. The van der Waals surface area contributed by atoms with Gasteiger partial charge in [0, 0.05) is 25.0 Å². The molecule has 1 unspecified atom stereocenters. The molecule has 5 heteroatoms. The van der Waals surface area contributed by atoms with Gasteiger partial charge in [-0.3, -0.25) is 4.79 Å². The molecule has 1 N–H and O–H groups in total. The fourth-order valence-electron chi connectivity index (χ4n) is 2.93. The van der Waals surface area contributed by atoms with E-state index < -0.39 is 6.04 Å². The van der Waals surface area contributed by atoms with E-state index in [9.17, 15) is 9.18 Å². The highest BCUT2D eigenvalue weighted by Crippen LogP contribution is 2.22. The van der Waals surface area contributed by atoms with Gasteiger partial charge in [-0.15, -0.1) is 0 Å². The summed E-state index contributed by atoms with van der Waals surface area (Å²) in [5, 5.41) is 3.02. The Morgan fingerprint density at radius 3 is 2.32 bits per heavy atom. The fraction of sp³-hybridized carbons (Fsp3) is 0.200. The number of rotatable bonds is 4. The average Bonchev–Trinajstić information content (AvgIpc) is 2.98. The van der Waals surface area contributed by atoms with Crippen molar-refractivity contribution in [2.75, 3.05) is 0 Å². The van der Waals surface area contributed by atoms with Crippen LogP contribution in [0.5, 0.6) is 0 Å². The Morgan fingerprint density at radius 2 is 1.76 bits per heavy atom. The Bertz CT molecular complexity index is 879. The first-order valence-corrected chi connectivity index (χ1v) is 8.06. The number of benzene rings is 2. The number of nitrogens with zero attached hydrogens (tertiary/aromatic N) is 2. The molecule has 0 spiro atoms. The van der Waals surface area contributed by atoms with Crippen molar-refractivity contribution in [1.82, 2.24) is 14.9 Å². The quantitative estimate of drug-likeness (QED) is 0.789. The number of hydrogen-bond acceptors (Lipinski definition) is 2. The van der Waals surface area contributed by atoms with Gasteiger partial charge in [0.1, 0.15) is 17.7 Å². The molecule has 3 rings (SSSR count). The predicted octanol–water partition coefficient (Wildman–Crippen LogP) is 3.70. The SMILES string of the molecule is Cc1cc(C)cc(C(=O)NC(c2ccc(F)cc2)c2nccn2C)c1. The van der Waals surface area contributed by atoms with Gasteiger partial charge in [-0.05, 0) is 43.7 Å². The second-order valence-corrected chi connectivity index (χ2v) is 6.23. The van der Waals surface area contributed by atoms with Crippen molar-refractivity contribution < 1.29 is 9.18 Å². The molecule has 0 saturated heterocycles. The molecule has 2 aromatic carbocycles. The minimum absolute atomic E-state index is 0.191. The summed E-state index contributed by atoms with van der Waals surface area (Å²) >= 11 is 0. The van der Waals surface area contributed by atoms with Crippen molar-refractivity contribution in [2.45, 2.75) is 19.9 Å². The third-order valence-corrected chi connectivity index (χ3v) is 4.08. The zero-order valence-corrected chi connectivity index (χ0v) is 14.5.